The minimum Gasteiger partial charge on any atom is -0.416 e. The van der Waals surface area contributed by atoms with Gasteiger partial charge >= 0.3 is 0 Å². The van der Waals surface area contributed by atoms with Gasteiger partial charge in [-0.15, -0.1) is 10.2 Å². The summed E-state index contributed by atoms with van der Waals surface area (Å²) in [6, 6.07) is 27.3. The van der Waals surface area contributed by atoms with E-state index in [0.717, 1.165) is 22.4 Å². The van der Waals surface area contributed by atoms with E-state index in [9.17, 15) is 4.79 Å². The summed E-state index contributed by atoms with van der Waals surface area (Å²) in [5, 5.41) is 11.1. The van der Waals surface area contributed by atoms with Gasteiger partial charge in [0.2, 0.25) is 11.8 Å². The van der Waals surface area contributed by atoms with Crippen LogP contribution in [0.25, 0.3) is 0 Å². The van der Waals surface area contributed by atoms with E-state index in [4.69, 9.17) is 4.42 Å². The highest BCUT2D eigenvalue weighted by molar-refractivity contribution is 8.00. The van der Waals surface area contributed by atoms with Crippen molar-refractivity contribution in [3.8, 4) is 0 Å². The molecule has 0 saturated heterocycles. The summed E-state index contributed by atoms with van der Waals surface area (Å²) in [7, 11) is 0. The lowest BCUT2D eigenvalue weighted by molar-refractivity contribution is -0.115. The lowest BCUT2D eigenvalue weighted by atomic mass is 10.1. The zero-order chi connectivity index (χ0) is 20.8. The number of anilines is 1. The summed E-state index contributed by atoms with van der Waals surface area (Å²) in [4.78, 5) is 13.1. The average Bonchev–Trinajstić information content (AvgIpc) is 3.22. The van der Waals surface area contributed by atoms with E-state index in [1.165, 1.54) is 11.8 Å². The molecule has 30 heavy (non-hydrogen) atoms. The summed E-state index contributed by atoms with van der Waals surface area (Å²) in [5.74, 6) is 0.382. The number of aryl methyl sites for hydroxylation is 1. The van der Waals surface area contributed by atoms with Gasteiger partial charge in [-0.2, -0.15) is 0 Å². The number of nitrogens with zero attached hydrogens (tertiary/aromatic N) is 2. The van der Waals surface area contributed by atoms with Crippen LogP contribution in [0.5, 0.6) is 0 Å². The highest BCUT2D eigenvalue weighted by atomic mass is 32.2. The third-order valence-corrected chi connectivity index (χ3v) is 5.61. The van der Waals surface area contributed by atoms with Crippen molar-refractivity contribution in [2.45, 2.75) is 23.8 Å². The summed E-state index contributed by atoms with van der Waals surface area (Å²) in [6.45, 7) is 2.01. The number of thioether (sulfide) groups is 1. The number of hydrogen-bond donors (Lipinski definition) is 1. The van der Waals surface area contributed by atoms with Crippen LogP contribution in [-0.2, 0) is 11.2 Å². The second-order valence-electron chi connectivity index (χ2n) is 6.89. The topological polar surface area (TPSA) is 68.0 Å². The SMILES string of the molecule is Cc1ccc(NC(=O)[C@@H](Sc2nnc(Cc3ccccc3)o2)c2ccccc2)cc1. The Labute approximate surface area is 179 Å². The Kier molecular flexibility index (Phi) is 6.25. The van der Waals surface area contributed by atoms with Crippen LogP contribution in [0.2, 0.25) is 0 Å². The van der Waals surface area contributed by atoms with Crippen LogP contribution in [0.3, 0.4) is 0 Å². The van der Waals surface area contributed by atoms with Gasteiger partial charge < -0.3 is 9.73 Å². The summed E-state index contributed by atoms with van der Waals surface area (Å²) < 4.78 is 5.82. The number of nitrogens with one attached hydrogen (secondary N) is 1. The quantitative estimate of drug-likeness (QED) is 0.407. The predicted molar refractivity (Wildman–Crippen MR) is 118 cm³/mol. The zero-order valence-electron chi connectivity index (χ0n) is 16.5. The molecule has 0 radical (unpaired) electrons. The van der Waals surface area contributed by atoms with Crippen LogP contribution in [0.15, 0.2) is 94.6 Å². The van der Waals surface area contributed by atoms with Crippen molar-refractivity contribution in [1.82, 2.24) is 10.2 Å². The maximum absolute atomic E-state index is 13.1. The second kappa shape index (κ2) is 9.41. The molecular weight excluding hydrogens is 394 g/mol. The lowest BCUT2D eigenvalue weighted by Crippen LogP contribution is -2.19. The predicted octanol–water partition coefficient (Wildman–Crippen LogP) is 5.44. The molecule has 4 aromatic rings. The molecule has 150 valence electrons. The maximum Gasteiger partial charge on any atom is 0.277 e. The van der Waals surface area contributed by atoms with Crippen molar-refractivity contribution in [3.63, 3.8) is 0 Å². The Morgan fingerprint density at radius 2 is 1.60 bits per heavy atom. The van der Waals surface area contributed by atoms with Crippen molar-refractivity contribution in [2.75, 3.05) is 5.32 Å². The first-order valence-corrected chi connectivity index (χ1v) is 10.5. The van der Waals surface area contributed by atoms with Gasteiger partial charge in [0.1, 0.15) is 5.25 Å². The van der Waals surface area contributed by atoms with E-state index in [0.29, 0.717) is 17.5 Å². The van der Waals surface area contributed by atoms with E-state index in [1.54, 1.807) is 0 Å². The third kappa shape index (κ3) is 5.15. The number of aromatic nitrogens is 2. The Bertz CT molecular complexity index is 1100. The average molecular weight is 416 g/mol. The van der Waals surface area contributed by atoms with Crippen LogP contribution in [0, 0.1) is 6.92 Å². The highest BCUT2D eigenvalue weighted by Crippen LogP contribution is 2.35. The molecule has 5 nitrogen and oxygen atoms in total. The molecule has 0 spiro atoms. The van der Waals surface area contributed by atoms with Crippen molar-refractivity contribution < 1.29 is 9.21 Å². The molecule has 1 heterocycles. The molecule has 0 fully saturated rings. The largest absolute Gasteiger partial charge is 0.416 e. The van der Waals surface area contributed by atoms with Crippen LogP contribution in [0.4, 0.5) is 5.69 Å². The molecule has 3 aromatic carbocycles. The minimum absolute atomic E-state index is 0.141. The fourth-order valence-electron chi connectivity index (χ4n) is 2.97. The van der Waals surface area contributed by atoms with Crippen LogP contribution in [0.1, 0.15) is 27.8 Å². The van der Waals surface area contributed by atoms with E-state index < -0.39 is 5.25 Å². The van der Waals surface area contributed by atoms with Crippen LogP contribution >= 0.6 is 11.8 Å². The number of carbonyl (C=O) groups excluding carboxylic acids is 1. The van der Waals surface area contributed by atoms with Crippen molar-refractivity contribution in [2.24, 2.45) is 0 Å². The Morgan fingerprint density at radius 1 is 0.933 bits per heavy atom. The molecule has 0 aliphatic rings. The first-order chi connectivity index (χ1) is 14.7. The molecule has 0 aliphatic heterocycles. The number of carbonyl (C=O) groups is 1. The molecule has 0 bridgehead atoms. The maximum atomic E-state index is 13.1. The number of hydrogen-bond acceptors (Lipinski definition) is 5. The molecule has 1 N–H and O–H groups in total. The van der Waals surface area contributed by atoms with Gasteiger partial charge in [0, 0.05) is 5.69 Å². The van der Waals surface area contributed by atoms with Gasteiger partial charge in [0.25, 0.3) is 5.22 Å². The van der Waals surface area contributed by atoms with Gasteiger partial charge in [-0.25, -0.2) is 0 Å². The van der Waals surface area contributed by atoms with Gasteiger partial charge in [0.15, 0.2) is 0 Å². The van der Waals surface area contributed by atoms with E-state index >= 15 is 0 Å². The fourth-order valence-corrected chi connectivity index (χ4v) is 3.87. The van der Waals surface area contributed by atoms with Crippen molar-refractivity contribution in [3.05, 3.63) is 108 Å². The molecular formula is C24H21N3O2S. The number of rotatable bonds is 7. The first-order valence-electron chi connectivity index (χ1n) is 9.63. The van der Waals surface area contributed by atoms with Gasteiger partial charge in [0.05, 0.1) is 6.42 Å². The van der Waals surface area contributed by atoms with Crippen molar-refractivity contribution in [1.29, 1.82) is 0 Å². The molecule has 1 aromatic heterocycles. The van der Waals surface area contributed by atoms with Gasteiger partial charge in [-0.05, 0) is 41.9 Å². The summed E-state index contributed by atoms with van der Waals surface area (Å²) in [6.07, 6.45) is 0.556. The smallest absolute Gasteiger partial charge is 0.277 e. The molecule has 1 atom stereocenters. The molecule has 4 rings (SSSR count). The van der Waals surface area contributed by atoms with Crippen molar-refractivity contribution >= 4 is 23.4 Å². The van der Waals surface area contributed by atoms with Gasteiger partial charge in [-0.1, -0.05) is 78.4 Å². The monoisotopic (exact) mass is 415 g/mol. The number of amides is 1. The summed E-state index contributed by atoms with van der Waals surface area (Å²) >= 11 is 1.25. The third-order valence-electron chi connectivity index (χ3n) is 4.52. The Hall–Kier alpha value is -3.38. The standard InChI is InChI=1S/C24H21N3O2S/c1-17-12-14-20(15-13-17)25-23(28)22(19-10-6-3-7-11-19)30-24-27-26-21(29-24)16-18-8-4-2-5-9-18/h2-15,22H,16H2,1H3,(H,25,28)/t22-/m0/s1. The normalized spacial score (nSPS) is 11.8. The molecule has 0 unspecified atom stereocenters. The first kappa shape index (κ1) is 19.9. The van der Waals surface area contributed by atoms with E-state index in [-0.39, 0.29) is 5.91 Å². The Balaban J connectivity index is 1.52. The second-order valence-corrected chi connectivity index (χ2v) is 7.94. The van der Waals surface area contributed by atoms with E-state index in [1.807, 2.05) is 91.9 Å². The summed E-state index contributed by atoms with van der Waals surface area (Å²) in [5.41, 5.74) is 3.85. The highest BCUT2D eigenvalue weighted by Gasteiger charge is 2.25. The zero-order valence-corrected chi connectivity index (χ0v) is 17.3. The molecule has 6 heteroatoms. The molecule has 1 amide bonds. The minimum atomic E-state index is -0.516. The Morgan fingerprint density at radius 3 is 2.30 bits per heavy atom. The fraction of sp³-hybridized carbons (Fsp3) is 0.125. The van der Waals surface area contributed by atoms with E-state index in [2.05, 4.69) is 15.5 Å². The number of benzene rings is 3. The molecule has 0 saturated carbocycles. The van der Waals surface area contributed by atoms with Crippen LogP contribution < -0.4 is 5.32 Å². The van der Waals surface area contributed by atoms with Crippen LogP contribution in [-0.4, -0.2) is 16.1 Å². The van der Waals surface area contributed by atoms with Gasteiger partial charge in [-0.3, -0.25) is 4.79 Å². The molecule has 0 aliphatic carbocycles. The lowest BCUT2D eigenvalue weighted by Gasteiger charge is -2.15.